The van der Waals surface area contributed by atoms with E-state index >= 15 is 0 Å². The van der Waals surface area contributed by atoms with Gasteiger partial charge in [0, 0.05) is 5.71 Å². The molecule has 1 atom stereocenters. The van der Waals surface area contributed by atoms with Gasteiger partial charge in [0.2, 0.25) is 0 Å². The smallest absolute Gasteiger partial charge is 0.408 e. The Kier molecular flexibility index (Phi) is 7.43. The highest BCUT2D eigenvalue weighted by Gasteiger charge is 2.46. The first-order chi connectivity index (χ1) is 13.1. The van der Waals surface area contributed by atoms with Crippen LogP contribution < -0.4 is 5.32 Å². The van der Waals surface area contributed by atoms with Crippen molar-refractivity contribution in [2.24, 2.45) is 5.41 Å². The molecular formula is C20H27ClN2O5. The van der Waals surface area contributed by atoms with E-state index in [0.717, 1.165) is 5.56 Å². The number of carbonyl (C=O) groups excluding carboxylic acids is 2. The van der Waals surface area contributed by atoms with Crippen molar-refractivity contribution in [1.82, 2.24) is 5.32 Å². The molecule has 0 saturated carbocycles. The van der Waals surface area contributed by atoms with Gasteiger partial charge < -0.3 is 24.9 Å². The number of rotatable bonds is 8. The fourth-order valence-electron chi connectivity index (χ4n) is 2.77. The standard InChI is InChI=1S/C20H27ClN2O5/c1-19(2,3)28-18(25)23-15(9-20(12-26-13-20)16(22)10-21)17(24)27-11-14-7-5-4-6-8-14/h4-8,15,22H,9-13H2,1-3H3,(H,23,25). The highest BCUT2D eigenvalue weighted by atomic mass is 35.5. The maximum Gasteiger partial charge on any atom is 0.408 e. The molecule has 1 aliphatic rings. The average molecular weight is 411 g/mol. The Bertz CT molecular complexity index is 698. The van der Waals surface area contributed by atoms with Crippen molar-refractivity contribution in [3.05, 3.63) is 35.9 Å². The summed E-state index contributed by atoms with van der Waals surface area (Å²) in [7, 11) is 0. The zero-order valence-electron chi connectivity index (χ0n) is 16.4. The zero-order valence-corrected chi connectivity index (χ0v) is 17.2. The quantitative estimate of drug-likeness (QED) is 0.389. The first kappa shape index (κ1) is 22.2. The Labute approximate surface area is 170 Å². The molecule has 0 aliphatic carbocycles. The molecule has 154 valence electrons. The summed E-state index contributed by atoms with van der Waals surface area (Å²) in [6, 6.07) is 8.27. The third-order valence-electron chi connectivity index (χ3n) is 4.32. The molecule has 0 bridgehead atoms. The number of benzene rings is 1. The summed E-state index contributed by atoms with van der Waals surface area (Å²) in [6.07, 6.45) is -0.562. The molecule has 7 nitrogen and oxygen atoms in total. The summed E-state index contributed by atoms with van der Waals surface area (Å²) >= 11 is 5.84. The monoisotopic (exact) mass is 410 g/mol. The molecule has 1 saturated heterocycles. The van der Waals surface area contributed by atoms with Crippen LogP contribution in [0.3, 0.4) is 0 Å². The molecule has 1 heterocycles. The number of esters is 1. The van der Waals surface area contributed by atoms with Crippen LogP contribution in [0.5, 0.6) is 0 Å². The van der Waals surface area contributed by atoms with Crippen molar-refractivity contribution in [1.29, 1.82) is 5.41 Å². The summed E-state index contributed by atoms with van der Waals surface area (Å²) in [4.78, 5) is 24.9. The number of nitrogens with one attached hydrogen (secondary N) is 2. The summed E-state index contributed by atoms with van der Waals surface area (Å²) in [5.41, 5.74) is -0.287. The number of ether oxygens (including phenoxy) is 3. The van der Waals surface area contributed by atoms with Crippen LogP contribution >= 0.6 is 11.6 Å². The van der Waals surface area contributed by atoms with E-state index in [1.165, 1.54) is 0 Å². The molecule has 1 aromatic carbocycles. The Hall–Kier alpha value is -2.12. The third-order valence-corrected chi connectivity index (χ3v) is 4.59. The van der Waals surface area contributed by atoms with Gasteiger partial charge in [-0.15, -0.1) is 11.6 Å². The number of alkyl halides is 1. The zero-order chi connectivity index (χ0) is 20.8. The van der Waals surface area contributed by atoms with Gasteiger partial charge in [-0.3, -0.25) is 0 Å². The van der Waals surface area contributed by atoms with Crippen molar-refractivity contribution in [3.63, 3.8) is 0 Å². The van der Waals surface area contributed by atoms with Crippen molar-refractivity contribution in [3.8, 4) is 0 Å². The number of alkyl carbamates (subject to hydrolysis) is 1. The van der Waals surface area contributed by atoms with E-state index in [1.807, 2.05) is 30.3 Å². The van der Waals surface area contributed by atoms with Gasteiger partial charge in [0.15, 0.2) is 0 Å². The first-order valence-electron chi connectivity index (χ1n) is 9.07. The molecule has 1 amide bonds. The Morgan fingerprint density at radius 2 is 1.93 bits per heavy atom. The number of hydrogen-bond acceptors (Lipinski definition) is 6. The second-order valence-corrected chi connectivity index (χ2v) is 8.15. The molecule has 2 rings (SSSR count). The Morgan fingerprint density at radius 1 is 1.29 bits per heavy atom. The van der Waals surface area contributed by atoms with Crippen LogP contribution in [-0.2, 0) is 25.6 Å². The molecule has 1 fully saturated rings. The van der Waals surface area contributed by atoms with Crippen LogP contribution in [0.4, 0.5) is 4.79 Å². The molecule has 1 unspecified atom stereocenters. The highest BCUT2D eigenvalue weighted by molar-refractivity contribution is 6.29. The van der Waals surface area contributed by atoms with Gasteiger partial charge in [-0.25, -0.2) is 9.59 Å². The predicted octanol–water partition coefficient (Wildman–Crippen LogP) is 3.29. The van der Waals surface area contributed by atoms with E-state index in [2.05, 4.69) is 5.32 Å². The SMILES string of the molecule is CC(C)(C)OC(=O)NC(CC1(C(=N)CCl)COC1)C(=O)OCc1ccccc1. The topological polar surface area (TPSA) is 97.7 Å². The average Bonchev–Trinajstić information content (AvgIpc) is 2.60. The van der Waals surface area contributed by atoms with Gasteiger partial charge in [-0.05, 0) is 32.8 Å². The van der Waals surface area contributed by atoms with Gasteiger partial charge in [-0.2, -0.15) is 0 Å². The van der Waals surface area contributed by atoms with Crippen molar-refractivity contribution >= 4 is 29.4 Å². The highest BCUT2D eigenvalue weighted by Crippen LogP contribution is 2.35. The normalized spacial score (nSPS) is 16.4. The second-order valence-electron chi connectivity index (χ2n) is 7.88. The lowest BCUT2D eigenvalue weighted by atomic mass is 9.76. The minimum Gasteiger partial charge on any atom is -0.459 e. The predicted molar refractivity (Wildman–Crippen MR) is 106 cm³/mol. The molecular weight excluding hydrogens is 384 g/mol. The lowest BCUT2D eigenvalue weighted by Crippen LogP contribution is -2.56. The Morgan fingerprint density at radius 3 is 2.43 bits per heavy atom. The van der Waals surface area contributed by atoms with Crippen LogP contribution in [0.1, 0.15) is 32.8 Å². The van der Waals surface area contributed by atoms with Crippen LogP contribution in [0.25, 0.3) is 0 Å². The van der Waals surface area contributed by atoms with E-state index in [4.69, 9.17) is 31.2 Å². The summed E-state index contributed by atoms with van der Waals surface area (Å²) < 4.78 is 15.9. The van der Waals surface area contributed by atoms with Gasteiger partial charge >= 0.3 is 12.1 Å². The van der Waals surface area contributed by atoms with E-state index in [-0.39, 0.29) is 37.8 Å². The second kappa shape index (κ2) is 9.39. The van der Waals surface area contributed by atoms with Crippen molar-refractivity contribution in [2.45, 2.75) is 45.4 Å². The molecule has 0 spiro atoms. The molecule has 8 heteroatoms. The molecule has 1 aromatic rings. The summed E-state index contributed by atoms with van der Waals surface area (Å²) in [5.74, 6) is -0.565. The fourth-order valence-corrected chi connectivity index (χ4v) is 3.05. The van der Waals surface area contributed by atoms with Crippen molar-refractivity contribution < 1.29 is 23.8 Å². The van der Waals surface area contributed by atoms with Crippen LogP contribution in [0.15, 0.2) is 30.3 Å². The maximum atomic E-state index is 12.7. The molecule has 0 radical (unpaired) electrons. The van der Waals surface area contributed by atoms with Gasteiger partial charge in [0.25, 0.3) is 0 Å². The molecule has 0 aromatic heterocycles. The molecule has 28 heavy (non-hydrogen) atoms. The fraction of sp³-hybridized carbons (Fsp3) is 0.550. The van der Waals surface area contributed by atoms with Crippen LogP contribution in [0, 0.1) is 10.8 Å². The molecule has 2 N–H and O–H groups in total. The number of hydrogen-bond donors (Lipinski definition) is 2. The van der Waals surface area contributed by atoms with Crippen LogP contribution in [-0.4, -0.2) is 48.5 Å². The van der Waals surface area contributed by atoms with E-state index in [9.17, 15) is 9.59 Å². The lowest BCUT2D eigenvalue weighted by molar-refractivity contribution is -0.150. The van der Waals surface area contributed by atoms with E-state index in [0.29, 0.717) is 0 Å². The summed E-state index contributed by atoms with van der Waals surface area (Å²) in [6.45, 7) is 5.84. The number of carbonyl (C=O) groups is 2. The maximum absolute atomic E-state index is 12.7. The van der Waals surface area contributed by atoms with Gasteiger partial charge in [0.05, 0.1) is 24.5 Å². The number of amides is 1. The first-order valence-corrected chi connectivity index (χ1v) is 9.60. The Balaban J connectivity index is 2.09. The minimum atomic E-state index is -0.981. The van der Waals surface area contributed by atoms with Gasteiger partial charge in [-0.1, -0.05) is 30.3 Å². The minimum absolute atomic E-state index is 0.0293. The van der Waals surface area contributed by atoms with Gasteiger partial charge in [0.1, 0.15) is 18.2 Å². The van der Waals surface area contributed by atoms with E-state index in [1.54, 1.807) is 20.8 Å². The molecule has 1 aliphatic heterocycles. The van der Waals surface area contributed by atoms with E-state index < -0.39 is 29.1 Å². The van der Waals surface area contributed by atoms with Crippen LogP contribution in [0.2, 0.25) is 0 Å². The lowest BCUT2D eigenvalue weighted by Gasteiger charge is -2.43. The summed E-state index contributed by atoms with van der Waals surface area (Å²) in [5, 5.41) is 10.7. The van der Waals surface area contributed by atoms with Crippen molar-refractivity contribution in [2.75, 3.05) is 19.1 Å². The number of halogens is 1. The third kappa shape index (κ3) is 6.21. The largest absolute Gasteiger partial charge is 0.459 e.